The Balaban J connectivity index is 0.00000256. The van der Waals surface area contributed by atoms with Gasteiger partial charge in [-0.05, 0) is 36.2 Å². The summed E-state index contributed by atoms with van der Waals surface area (Å²) in [6.07, 6.45) is 4.95. The molecule has 1 aromatic carbocycles. The minimum Gasteiger partial charge on any atom is -0.486 e. The molecule has 4 rings (SSSR count). The van der Waals surface area contributed by atoms with E-state index in [1.54, 1.807) is 7.05 Å². The van der Waals surface area contributed by atoms with Gasteiger partial charge in [0.25, 0.3) is 0 Å². The third-order valence-electron chi connectivity index (χ3n) is 4.99. The maximum Gasteiger partial charge on any atom is 0.193 e. The average Bonchev–Trinajstić information content (AvgIpc) is 3.15. The van der Waals surface area contributed by atoms with Crippen molar-refractivity contribution >= 4 is 35.6 Å². The average molecular weight is 521 g/mol. The fraction of sp³-hybridized carbons (Fsp3) is 0.364. The molecule has 3 heterocycles. The zero-order chi connectivity index (χ0) is 20.2. The van der Waals surface area contributed by atoms with Crippen LogP contribution in [0.5, 0.6) is 11.5 Å². The van der Waals surface area contributed by atoms with E-state index >= 15 is 0 Å². The topological polar surface area (TPSA) is 63.4 Å². The zero-order valence-electron chi connectivity index (χ0n) is 17.6. The SMILES string of the molecule is CN=C(NCCc1cn2cccc(C)c2n1)N(C)Cc1ccc2c(c1)OCCO2.I. The van der Waals surface area contributed by atoms with Crippen LogP contribution in [0, 0.1) is 6.92 Å². The molecule has 0 bridgehead atoms. The summed E-state index contributed by atoms with van der Waals surface area (Å²) in [7, 11) is 3.83. The molecule has 1 aliphatic heterocycles. The number of imidazole rings is 1. The first-order chi connectivity index (χ1) is 14.1. The molecule has 1 N–H and O–H groups in total. The molecule has 1 aliphatic rings. The van der Waals surface area contributed by atoms with E-state index in [9.17, 15) is 0 Å². The highest BCUT2D eigenvalue weighted by molar-refractivity contribution is 14.0. The van der Waals surface area contributed by atoms with Gasteiger partial charge in [0.15, 0.2) is 17.5 Å². The third-order valence-corrected chi connectivity index (χ3v) is 4.99. The van der Waals surface area contributed by atoms with Crippen LogP contribution < -0.4 is 14.8 Å². The normalized spacial score (nSPS) is 13.1. The summed E-state index contributed by atoms with van der Waals surface area (Å²) in [5, 5.41) is 3.43. The Hall–Kier alpha value is -2.49. The van der Waals surface area contributed by atoms with Crippen LogP contribution in [0.3, 0.4) is 0 Å². The van der Waals surface area contributed by atoms with Gasteiger partial charge in [0, 0.05) is 46.0 Å². The Morgan fingerprint density at radius 1 is 1.23 bits per heavy atom. The zero-order valence-corrected chi connectivity index (χ0v) is 19.9. The molecule has 0 saturated heterocycles. The minimum atomic E-state index is 0. The molecule has 0 radical (unpaired) electrons. The highest BCUT2D eigenvalue weighted by atomic mass is 127. The molecule has 7 nitrogen and oxygen atoms in total. The Morgan fingerprint density at radius 2 is 2.03 bits per heavy atom. The fourth-order valence-electron chi connectivity index (χ4n) is 3.55. The molecule has 0 amide bonds. The second kappa shape index (κ2) is 10.0. The van der Waals surface area contributed by atoms with Crippen LogP contribution in [0.2, 0.25) is 0 Å². The monoisotopic (exact) mass is 521 g/mol. The van der Waals surface area contributed by atoms with Gasteiger partial charge in [0.1, 0.15) is 18.9 Å². The van der Waals surface area contributed by atoms with Gasteiger partial charge >= 0.3 is 0 Å². The molecular weight excluding hydrogens is 493 g/mol. The molecule has 0 saturated carbocycles. The Morgan fingerprint density at radius 3 is 2.80 bits per heavy atom. The lowest BCUT2D eigenvalue weighted by molar-refractivity contribution is 0.171. The summed E-state index contributed by atoms with van der Waals surface area (Å²) in [6, 6.07) is 10.2. The second-order valence-corrected chi connectivity index (χ2v) is 7.21. The largest absolute Gasteiger partial charge is 0.486 e. The standard InChI is InChI=1S/C22H27N5O2.HI/c1-16-5-4-10-27-15-18(25-21(16)27)8-9-24-22(23-2)26(3)14-17-6-7-19-20(13-17)29-12-11-28-19;/h4-7,10,13,15H,8-9,11-12,14H2,1-3H3,(H,23,24);1H. The van der Waals surface area contributed by atoms with E-state index in [-0.39, 0.29) is 24.0 Å². The lowest BCUT2D eigenvalue weighted by atomic mass is 10.2. The number of rotatable bonds is 5. The summed E-state index contributed by atoms with van der Waals surface area (Å²) in [5.74, 6) is 2.47. The van der Waals surface area contributed by atoms with Crippen molar-refractivity contribution in [3.05, 3.63) is 59.5 Å². The van der Waals surface area contributed by atoms with Crippen molar-refractivity contribution in [2.45, 2.75) is 19.9 Å². The molecule has 0 aliphatic carbocycles. The first-order valence-corrected chi connectivity index (χ1v) is 9.87. The van der Waals surface area contributed by atoms with Crippen molar-refractivity contribution in [3.63, 3.8) is 0 Å². The lowest BCUT2D eigenvalue weighted by Gasteiger charge is -2.23. The number of fused-ring (bicyclic) bond motifs is 2. The molecule has 0 spiro atoms. The summed E-state index contributed by atoms with van der Waals surface area (Å²) in [6.45, 7) is 4.77. The number of pyridine rings is 1. The number of aliphatic imine (C=N–C) groups is 1. The van der Waals surface area contributed by atoms with Crippen molar-refractivity contribution in [1.29, 1.82) is 0 Å². The van der Waals surface area contributed by atoms with Crippen molar-refractivity contribution in [2.75, 3.05) is 33.9 Å². The van der Waals surface area contributed by atoms with E-state index < -0.39 is 0 Å². The van der Waals surface area contributed by atoms with E-state index in [1.807, 2.05) is 31.4 Å². The van der Waals surface area contributed by atoms with Crippen molar-refractivity contribution in [2.24, 2.45) is 4.99 Å². The molecule has 3 aromatic rings. The van der Waals surface area contributed by atoms with Gasteiger partial charge < -0.3 is 24.1 Å². The highest BCUT2D eigenvalue weighted by Crippen LogP contribution is 2.31. The Kier molecular flexibility index (Phi) is 7.41. The van der Waals surface area contributed by atoms with E-state index in [1.165, 1.54) is 5.56 Å². The van der Waals surface area contributed by atoms with Crippen LogP contribution >= 0.6 is 24.0 Å². The number of nitrogens with zero attached hydrogens (tertiary/aromatic N) is 4. The minimum absolute atomic E-state index is 0. The van der Waals surface area contributed by atoms with Gasteiger partial charge in [-0.25, -0.2) is 4.98 Å². The lowest BCUT2D eigenvalue weighted by Crippen LogP contribution is -2.39. The number of aryl methyl sites for hydroxylation is 1. The Bertz CT molecular complexity index is 1030. The summed E-state index contributed by atoms with van der Waals surface area (Å²) < 4.78 is 13.4. The van der Waals surface area contributed by atoms with Crippen LogP contribution in [0.25, 0.3) is 5.65 Å². The van der Waals surface area contributed by atoms with Crippen LogP contribution in [-0.4, -0.2) is 54.1 Å². The van der Waals surface area contributed by atoms with Crippen molar-refractivity contribution in [1.82, 2.24) is 19.6 Å². The molecule has 160 valence electrons. The van der Waals surface area contributed by atoms with E-state index in [0.717, 1.165) is 53.9 Å². The van der Waals surface area contributed by atoms with Crippen LogP contribution in [0.15, 0.2) is 47.7 Å². The number of guanidine groups is 1. The van der Waals surface area contributed by atoms with Crippen molar-refractivity contribution < 1.29 is 9.47 Å². The number of halogens is 1. The van der Waals surface area contributed by atoms with E-state index in [0.29, 0.717) is 13.2 Å². The number of hydrogen-bond acceptors (Lipinski definition) is 4. The second-order valence-electron chi connectivity index (χ2n) is 7.21. The Labute approximate surface area is 194 Å². The van der Waals surface area contributed by atoms with E-state index in [4.69, 9.17) is 14.5 Å². The van der Waals surface area contributed by atoms with Crippen LogP contribution in [0.1, 0.15) is 16.8 Å². The third kappa shape index (κ3) is 4.97. The molecule has 0 unspecified atom stereocenters. The maximum atomic E-state index is 5.68. The summed E-state index contributed by atoms with van der Waals surface area (Å²) in [5.41, 5.74) is 4.41. The molecular formula is C22H28IN5O2. The molecule has 2 aromatic heterocycles. The summed E-state index contributed by atoms with van der Waals surface area (Å²) in [4.78, 5) is 11.2. The molecule has 30 heavy (non-hydrogen) atoms. The first-order valence-electron chi connectivity index (χ1n) is 9.87. The van der Waals surface area contributed by atoms with Crippen LogP contribution in [0.4, 0.5) is 0 Å². The number of ether oxygens (including phenoxy) is 2. The summed E-state index contributed by atoms with van der Waals surface area (Å²) >= 11 is 0. The van der Waals surface area contributed by atoms with Gasteiger partial charge in [0.05, 0.1) is 5.69 Å². The van der Waals surface area contributed by atoms with Gasteiger partial charge in [0.2, 0.25) is 0 Å². The van der Waals surface area contributed by atoms with Crippen molar-refractivity contribution in [3.8, 4) is 11.5 Å². The first kappa shape index (κ1) is 22.2. The van der Waals surface area contributed by atoms with E-state index in [2.05, 4.69) is 44.9 Å². The maximum absolute atomic E-state index is 5.68. The van der Waals surface area contributed by atoms with Gasteiger partial charge in [-0.15, -0.1) is 24.0 Å². The number of aromatic nitrogens is 2. The predicted octanol–water partition coefficient (Wildman–Crippen LogP) is 3.28. The quantitative estimate of drug-likeness (QED) is 0.317. The highest BCUT2D eigenvalue weighted by Gasteiger charge is 2.13. The number of benzene rings is 1. The van der Waals surface area contributed by atoms with Gasteiger partial charge in [-0.3, -0.25) is 4.99 Å². The number of hydrogen-bond donors (Lipinski definition) is 1. The van der Waals surface area contributed by atoms with Gasteiger partial charge in [-0.1, -0.05) is 12.1 Å². The van der Waals surface area contributed by atoms with Gasteiger partial charge in [-0.2, -0.15) is 0 Å². The molecule has 0 atom stereocenters. The van der Waals surface area contributed by atoms with Crippen LogP contribution in [-0.2, 0) is 13.0 Å². The molecule has 0 fully saturated rings. The molecule has 8 heteroatoms. The fourth-order valence-corrected chi connectivity index (χ4v) is 3.55. The number of nitrogens with one attached hydrogen (secondary N) is 1. The predicted molar refractivity (Wildman–Crippen MR) is 129 cm³/mol. The smallest absolute Gasteiger partial charge is 0.193 e.